The van der Waals surface area contributed by atoms with Crippen molar-refractivity contribution in [3.63, 3.8) is 0 Å². The molecule has 0 bridgehead atoms. The van der Waals surface area contributed by atoms with E-state index in [9.17, 15) is 0 Å². The number of nitrogens with zero attached hydrogens (tertiary/aromatic N) is 1. The van der Waals surface area contributed by atoms with Crippen molar-refractivity contribution in [2.24, 2.45) is 5.73 Å². The molecule has 0 saturated carbocycles. The first-order valence-corrected chi connectivity index (χ1v) is 5.98. The van der Waals surface area contributed by atoms with Crippen LogP contribution in [0.1, 0.15) is 5.89 Å². The number of hydrogen-bond acceptors (Lipinski definition) is 3. The van der Waals surface area contributed by atoms with E-state index < -0.39 is 0 Å². The Hall–Kier alpha value is -0.840. The Kier molecular flexibility index (Phi) is 3.63. The summed E-state index contributed by atoms with van der Waals surface area (Å²) in [5.74, 6) is 1.37. The molecular formula is C11H10BrClN2O. The van der Waals surface area contributed by atoms with Crippen LogP contribution in [-0.2, 0) is 6.42 Å². The van der Waals surface area contributed by atoms with Gasteiger partial charge >= 0.3 is 0 Å². The molecule has 2 N–H and O–H groups in total. The van der Waals surface area contributed by atoms with Crippen molar-refractivity contribution >= 4 is 27.5 Å². The molecule has 5 heteroatoms. The second kappa shape index (κ2) is 4.99. The van der Waals surface area contributed by atoms with E-state index in [1.165, 1.54) is 0 Å². The van der Waals surface area contributed by atoms with E-state index in [0.717, 1.165) is 10.0 Å². The smallest absolute Gasteiger partial charge is 0.196 e. The second-order valence-corrected chi connectivity index (χ2v) is 4.57. The number of hydrogen-bond donors (Lipinski definition) is 1. The van der Waals surface area contributed by atoms with Gasteiger partial charge < -0.3 is 10.2 Å². The Morgan fingerprint density at radius 3 is 2.94 bits per heavy atom. The zero-order valence-corrected chi connectivity index (χ0v) is 10.8. The molecule has 0 aliphatic heterocycles. The molecule has 3 nitrogen and oxygen atoms in total. The first-order valence-electron chi connectivity index (χ1n) is 4.81. The van der Waals surface area contributed by atoms with Gasteiger partial charge in [0.25, 0.3) is 0 Å². The highest BCUT2D eigenvalue weighted by Gasteiger charge is 2.09. The third kappa shape index (κ3) is 2.45. The lowest BCUT2D eigenvalue weighted by Gasteiger charge is -2.00. The summed E-state index contributed by atoms with van der Waals surface area (Å²) in [5, 5.41) is 0.678. The maximum Gasteiger partial charge on any atom is 0.196 e. The quantitative estimate of drug-likeness (QED) is 0.946. The molecule has 0 aliphatic carbocycles. The van der Waals surface area contributed by atoms with E-state index in [-0.39, 0.29) is 0 Å². The van der Waals surface area contributed by atoms with Gasteiger partial charge in [0.1, 0.15) is 0 Å². The summed E-state index contributed by atoms with van der Waals surface area (Å²) >= 11 is 9.30. The normalized spacial score (nSPS) is 10.7. The summed E-state index contributed by atoms with van der Waals surface area (Å²) in [6.45, 7) is 0.530. The van der Waals surface area contributed by atoms with E-state index in [0.29, 0.717) is 29.6 Å². The van der Waals surface area contributed by atoms with Crippen molar-refractivity contribution in [2.75, 3.05) is 6.54 Å². The van der Waals surface area contributed by atoms with Gasteiger partial charge in [-0.3, -0.25) is 0 Å². The van der Waals surface area contributed by atoms with E-state index in [4.69, 9.17) is 21.8 Å². The molecule has 2 aromatic rings. The minimum absolute atomic E-state index is 0.530. The van der Waals surface area contributed by atoms with Gasteiger partial charge in [0, 0.05) is 28.0 Å². The fraction of sp³-hybridized carbons (Fsp3) is 0.182. The first kappa shape index (κ1) is 11.6. The molecule has 1 aromatic heterocycles. The van der Waals surface area contributed by atoms with Crippen LogP contribution in [0.4, 0.5) is 0 Å². The Morgan fingerprint density at radius 1 is 1.44 bits per heavy atom. The Labute approximate surface area is 107 Å². The molecule has 0 radical (unpaired) electrons. The van der Waals surface area contributed by atoms with E-state index in [1.807, 2.05) is 18.2 Å². The molecule has 0 unspecified atom stereocenters. The van der Waals surface area contributed by atoms with Crippen LogP contribution < -0.4 is 5.73 Å². The number of aromatic nitrogens is 1. The van der Waals surface area contributed by atoms with Crippen LogP contribution >= 0.6 is 27.5 Å². The highest BCUT2D eigenvalue weighted by atomic mass is 79.9. The monoisotopic (exact) mass is 300 g/mol. The summed E-state index contributed by atoms with van der Waals surface area (Å²) in [6, 6.07) is 5.52. The summed E-state index contributed by atoms with van der Waals surface area (Å²) in [5.41, 5.74) is 6.36. The molecule has 0 atom stereocenters. The maximum absolute atomic E-state index is 5.87. The molecule has 1 aromatic carbocycles. The molecule has 0 saturated heterocycles. The van der Waals surface area contributed by atoms with E-state index in [2.05, 4.69) is 20.9 Å². The molecule has 16 heavy (non-hydrogen) atoms. The Balaban J connectivity index is 2.35. The lowest BCUT2D eigenvalue weighted by atomic mass is 10.2. The van der Waals surface area contributed by atoms with Crippen molar-refractivity contribution in [2.45, 2.75) is 6.42 Å². The van der Waals surface area contributed by atoms with Crippen molar-refractivity contribution in [3.8, 4) is 11.3 Å². The zero-order chi connectivity index (χ0) is 11.5. The molecule has 2 rings (SSSR count). The highest BCUT2D eigenvalue weighted by molar-refractivity contribution is 9.10. The minimum atomic E-state index is 0.530. The molecular weight excluding hydrogens is 291 g/mol. The predicted octanol–water partition coefficient (Wildman–Crippen LogP) is 3.26. The summed E-state index contributed by atoms with van der Waals surface area (Å²) in [4.78, 5) is 4.15. The van der Waals surface area contributed by atoms with Gasteiger partial charge in [-0.15, -0.1) is 0 Å². The average molecular weight is 302 g/mol. The molecule has 0 fully saturated rings. The number of nitrogens with two attached hydrogens (primary N) is 1. The topological polar surface area (TPSA) is 52.0 Å². The lowest BCUT2D eigenvalue weighted by molar-refractivity contribution is 0.508. The Bertz CT molecular complexity index is 498. The van der Waals surface area contributed by atoms with Gasteiger partial charge in [-0.2, -0.15) is 0 Å². The van der Waals surface area contributed by atoms with Crippen LogP contribution in [0.5, 0.6) is 0 Å². The van der Waals surface area contributed by atoms with Crippen molar-refractivity contribution in [1.82, 2.24) is 4.98 Å². The van der Waals surface area contributed by atoms with Crippen molar-refractivity contribution in [1.29, 1.82) is 0 Å². The summed E-state index contributed by atoms with van der Waals surface area (Å²) in [7, 11) is 0. The maximum atomic E-state index is 5.87. The van der Waals surface area contributed by atoms with E-state index >= 15 is 0 Å². The van der Waals surface area contributed by atoms with Crippen LogP contribution in [0.25, 0.3) is 11.3 Å². The standard InChI is InChI=1S/C11H10BrClN2O/c12-9-5-7(13)1-2-8(9)10-6-15-11(16-10)3-4-14/h1-2,5-6H,3-4,14H2. The fourth-order valence-electron chi connectivity index (χ4n) is 1.36. The SMILES string of the molecule is NCCc1ncc(-c2ccc(Cl)cc2Br)o1. The van der Waals surface area contributed by atoms with Crippen LogP contribution in [-0.4, -0.2) is 11.5 Å². The Morgan fingerprint density at radius 2 is 2.25 bits per heavy atom. The zero-order valence-electron chi connectivity index (χ0n) is 8.41. The number of halogens is 2. The van der Waals surface area contributed by atoms with Crippen LogP contribution in [0, 0.1) is 0 Å². The van der Waals surface area contributed by atoms with Gasteiger partial charge in [0.2, 0.25) is 0 Å². The summed E-state index contributed by atoms with van der Waals surface area (Å²) < 4.78 is 6.45. The van der Waals surface area contributed by atoms with Crippen LogP contribution in [0.15, 0.2) is 33.3 Å². The minimum Gasteiger partial charge on any atom is -0.441 e. The number of oxazole rings is 1. The molecule has 84 valence electrons. The van der Waals surface area contributed by atoms with Crippen LogP contribution in [0.2, 0.25) is 5.02 Å². The molecule has 1 heterocycles. The fourth-order valence-corrected chi connectivity index (χ4v) is 2.24. The predicted molar refractivity (Wildman–Crippen MR) is 67.4 cm³/mol. The molecule has 0 spiro atoms. The third-order valence-electron chi connectivity index (χ3n) is 2.11. The first-order chi connectivity index (χ1) is 7.70. The van der Waals surface area contributed by atoms with Gasteiger partial charge in [-0.25, -0.2) is 4.98 Å². The van der Waals surface area contributed by atoms with Crippen LogP contribution in [0.3, 0.4) is 0 Å². The van der Waals surface area contributed by atoms with Gasteiger partial charge in [0.15, 0.2) is 11.7 Å². The lowest BCUT2D eigenvalue weighted by Crippen LogP contribution is -2.02. The summed E-state index contributed by atoms with van der Waals surface area (Å²) in [6.07, 6.45) is 2.34. The largest absolute Gasteiger partial charge is 0.441 e. The average Bonchev–Trinajstić information content (AvgIpc) is 2.67. The van der Waals surface area contributed by atoms with E-state index in [1.54, 1.807) is 6.20 Å². The second-order valence-electron chi connectivity index (χ2n) is 3.28. The van der Waals surface area contributed by atoms with Gasteiger partial charge in [-0.05, 0) is 34.1 Å². The third-order valence-corrected chi connectivity index (χ3v) is 3.00. The number of rotatable bonds is 3. The van der Waals surface area contributed by atoms with Crippen molar-refractivity contribution in [3.05, 3.63) is 39.8 Å². The van der Waals surface area contributed by atoms with Gasteiger partial charge in [-0.1, -0.05) is 11.6 Å². The molecule has 0 amide bonds. The number of benzene rings is 1. The van der Waals surface area contributed by atoms with Gasteiger partial charge in [0.05, 0.1) is 6.20 Å². The van der Waals surface area contributed by atoms with Crippen molar-refractivity contribution < 1.29 is 4.42 Å². The highest BCUT2D eigenvalue weighted by Crippen LogP contribution is 2.30. The molecule has 0 aliphatic rings.